The Morgan fingerprint density at radius 2 is 1.65 bits per heavy atom. The average molecular weight is 336 g/mol. The van der Waals surface area contributed by atoms with E-state index in [9.17, 15) is 0 Å². The molecule has 0 atom stereocenters. The zero-order chi connectivity index (χ0) is 11.7. The van der Waals surface area contributed by atoms with E-state index in [1.165, 1.54) is 16.6 Å². The summed E-state index contributed by atoms with van der Waals surface area (Å²) in [5, 5.41) is 1.47. The Balaban J connectivity index is 2.08. The van der Waals surface area contributed by atoms with E-state index in [1.807, 2.05) is 0 Å². The molecule has 0 saturated carbocycles. The van der Waals surface area contributed by atoms with Gasteiger partial charge in [0.1, 0.15) is 0 Å². The predicted molar refractivity (Wildman–Crippen MR) is 71.3 cm³/mol. The van der Waals surface area contributed by atoms with Gasteiger partial charge in [0.2, 0.25) is 0 Å². The molecule has 84 valence electrons. The molecule has 0 saturated heterocycles. The molecular formula is C15H14NTe+. The summed E-state index contributed by atoms with van der Waals surface area (Å²) in [5.41, 5.74) is 2.90. The van der Waals surface area contributed by atoms with Gasteiger partial charge in [0.05, 0.1) is 0 Å². The molecule has 3 aromatic rings. The molecule has 0 bridgehead atoms. The Labute approximate surface area is 111 Å². The third kappa shape index (κ3) is 2.16. The Morgan fingerprint density at radius 1 is 0.941 bits per heavy atom. The Hall–Kier alpha value is -1.10. The molecule has 1 nitrogen and oxygen atoms in total. The quantitative estimate of drug-likeness (QED) is 0.633. The number of hydrogen-bond donors (Lipinski definition) is 0. The van der Waals surface area contributed by atoms with E-state index >= 15 is 0 Å². The van der Waals surface area contributed by atoms with Crippen molar-refractivity contribution in [1.82, 2.24) is 0 Å². The molecule has 1 heterocycles. The van der Waals surface area contributed by atoms with Crippen LogP contribution in [0, 0.1) is 0 Å². The third-order valence-electron chi connectivity index (χ3n) is 3.03. The molecule has 0 spiro atoms. The van der Waals surface area contributed by atoms with Crippen LogP contribution in [0.5, 0.6) is 0 Å². The molecule has 0 N–H and O–H groups in total. The summed E-state index contributed by atoms with van der Waals surface area (Å²) >= 11 is -0.168. The van der Waals surface area contributed by atoms with Gasteiger partial charge < -0.3 is 0 Å². The average Bonchev–Trinajstić information content (AvgIpc) is 2.68. The molecule has 0 aliphatic heterocycles. The molecular weight excluding hydrogens is 322 g/mol. The van der Waals surface area contributed by atoms with Gasteiger partial charge in [-0.2, -0.15) is 0 Å². The van der Waals surface area contributed by atoms with E-state index in [2.05, 4.69) is 64.4 Å². The number of nitrogens with zero attached hydrogens (tertiary/aromatic N) is 1. The molecule has 0 unspecified atom stereocenters. The first-order valence-corrected chi connectivity index (χ1v) is 7.96. The summed E-state index contributed by atoms with van der Waals surface area (Å²) in [6, 6.07) is 19.6. The van der Waals surface area contributed by atoms with Gasteiger partial charge in [-0.1, -0.05) is 0 Å². The van der Waals surface area contributed by atoms with Crippen molar-refractivity contribution in [3.05, 3.63) is 65.9 Å². The maximum absolute atomic E-state index is 2.49. The summed E-state index contributed by atoms with van der Waals surface area (Å²) in [7, 11) is 2.24. The molecule has 0 radical (unpaired) electrons. The van der Waals surface area contributed by atoms with Crippen LogP contribution in [0.3, 0.4) is 0 Å². The van der Waals surface area contributed by atoms with Gasteiger partial charge in [-0.25, -0.2) is 0 Å². The summed E-state index contributed by atoms with van der Waals surface area (Å²) in [4.78, 5) is 0. The number of benzene rings is 2. The van der Waals surface area contributed by atoms with Crippen LogP contribution in [0.15, 0.2) is 54.6 Å². The van der Waals surface area contributed by atoms with Crippen molar-refractivity contribution in [1.29, 1.82) is 0 Å². The topological polar surface area (TPSA) is 3.88 Å². The second-order valence-electron chi connectivity index (χ2n) is 4.19. The van der Waals surface area contributed by atoms with Gasteiger partial charge in [-0.3, -0.25) is 0 Å². The van der Waals surface area contributed by atoms with Crippen molar-refractivity contribution in [2.45, 2.75) is 6.42 Å². The Kier molecular flexibility index (Phi) is 3.01. The van der Waals surface area contributed by atoms with Gasteiger partial charge in [0, 0.05) is 0 Å². The van der Waals surface area contributed by atoms with Gasteiger partial charge in [0.15, 0.2) is 0 Å². The van der Waals surface area contributed by atoms with Crippen LogP contribution >= 0.6 is 0 Å². The molecule has 0 aliphatic rings. The molecule has 0 aliphatic carbocycles. The van der Waals surface area contributed by atoms with E-state index < -0.39 is 0 Å². The van der Waals surface area contributed by atoms with Crippen molar-refractivity contribution in [3.63, 3.8) is 0 Å². The molecule has 17 heavy (non-hydrogen) atoms. The van der Waals surface area contributed by atoms with E-state index in [4.69, 9.17) is 0 Å². The maximum atomic E-state index is 2.49. The minimum absolute atomic E-state index is 0.168. The number of fused-ring (bicyclic) bond motifs is 1. The van der Waals surface area contributed by atoms with Gasteiger partial charge in [-0.15, -0.1) is 0 Å². The fraction of sp³-hybridized carbons (Fsp3) is 0.133. The molecule has 3 rings (SSSR count). The fourth-order valence-corrected chi connectivity index (χ4v) is 4.98. The molecule has 2 heteroatoms. The second kappa shape index (κ2) is 4.64. The summed E-state index contributed by atoms with van der Waals surface area (Å²) in [6.07, 6.45) is 1.05. The first-order chi connectivity index (χ1) is 8.34. The Bertz CT molecular complexity index is 640. The van der Waals surface area contributed by atoms with Gasteiger partial charge in [-0.05, 0) is 0 Å². The standard InChI is InChI=1S/C15H14NTe/c1-16-14(11-12-7-3-2-4-8-12)13-9-5-6-10-15(13)17-16/h2-10H,11H2,1H3/q+1. The summed E-state index contributed by atoms with van der Waals surface area (Å²) < 4.78 is 4.06. The van der Waals surface area contributed by atoms with Crippen molar-refractivity contribution < 1.29 is 2.79 Å². The zero-order valence-corrected chi connectivity index (χ0v) is 12.1. The van der Waals surface area contributed by atoms with Crippen molar-refractivity contribution in [3.8, 4) is 0 Å². The van der Waals surface area contributed by atoms with Gasteiger partial charge in [0.25, 0.3) is 0 Å². The normalized spacial score (nSPS) is 10.9. The number of aromatic nitrogens is 1. The number of hydrogen-bond acceptors (Lipinski definition) is 0. The summed E-state index contributed by atoms with van der Waals surface area (Å²) in [6.45, 7) is 0. The van der Waals surface area contributed by atoms with Gasteiger partial charge >= 0.3 is 112 Å². The number of aryl methyl sites for hydroxylation is 1. The second-order valence-corrected chi connectivity index (χ2v) is 7.53. The predicted octanol–water partition coefficient (Wildman–Crippen LogP) is 2.31. The first-order valence-electron chi connectivity index (χ1n) is 5.75. The first kappa shape index (κ1) is 11.0. The van der Waals surface area contributed by atoms with E-state index in [1.54, 1.807) is 3.40 Å². The number of rotatable bonds is 2. The SMILES string of the molecule is C[n+]1[te]c2ccccc2c1Cc1ccccc1. The van der Waals surface area contributed by atoms with Crippen molar-refractivity contribution >= 4 is 29.5 Å². The van der Waals surface area contributed by atoms with Crippen molar-refractivity contribution in [2.24, 2.45) is 7.05 Å². The fourth-order valence-electron chi connectivity index (χ4n) is 2.15. The van der Waals surface area contributed by atoms with Crippen LogP contribution in [0.4, 0.5) is 0 Å². The van der Waals surface area contributed by atoms with E-state index in [0.29, 0.717) is 0 Å². The van der Waals surface area contributed by atoms with E-state index in [-0.39, 0.29) is 20.7 Å². The van der Waals surface area contributed by atoms with Crippen molar-refractivity contribution in [2.75, 3.05) is 0 Å². The molecule has 0 amide bonds. The van der Waals surface area contributed by atoms with Crippen LogP contribution in [0.1, 0.15) is 11.3 Å². The molecule has 0 fully saturated rings. The summed E-state index contributed by atoms with van der Waals surface area (Å²) in [5.74, 6) is 0. The van der Waals surface area contributed by atoms with Crippen LogP contribution in [0.2, 0.25) is 0 Å². The molecule has 2 aromatic carbocycles. The van der Waals surface area contributed by atoms with E-state index in [0.717, 1.165) is 6.42 Å². The van der Waals surface area contributed by atoms with Crippen LogP contribution in [-0.2, 0) is 13.5 Å². The van der Waals surface area contributed by atoms with Crippen LogP contribution in [-0.4, -0.2) is 20.7 Å². The van der Waals surface area contributed by atoms with Crippen LogP contribution < -0.4 is 2.79 Å². The minimum atomic E-state index is -0.168. The zero-order valence-electron chi connectivity index (χ0n) is 9.76. The monoisotopic (exact) mass is 338 g/mol. The van der Waals surface area contributed by atoms with Crippen LogP contribution in [0.25, 0.3) is 8.79 Å². The third-order valence-corrected chi connectivity index (χ3v) is 6.02. The molecule has 1 aromatic heterocycles. The Morgan fingerprint density at radius 3 is 2.47 bits per heavy atom.